The largest absolute Gasteiger partial charge is 0.228 e. The van der Waals surface area contributed by atoms with E-state index in [4.69, 9.17) is 34.9 Å². The third-order valence-electron chi connectivity index (χ3n) is 36.2. The van der Waals surface area contributed by atoms with E-state index in [1.165, 1.54) is 295 Å². The lowest BCUT2D eigenvalue weighted by molar-refractivity contribution is 1.04. The SMILES string of the molecule is Cc1ccc(-c2cc(-c3ccc(C)c(C)c3)cc(-c3cc(-c4c(C)c(C)c(C)c(C)c4C)nc(-c4c(C)c(C)c(C)c(C)c4C)n3)c2)cc1C.Cc1ccc(-c2cc(-c3ccc(C)c(C)c3)cc(-c3nc(-c4c(C)c(C)c(C)c(C)c4C)cc(-c4c(C)c(C)c(C)c(C)c4C)n3)c2)cc1C.Cc1ccc(-c2cc(-c3ccc(C)c(C)c3)cc(-c3nc(-c4c(C)c(C)c(C)c(C)c4C)nc(-c4c(C)c(C)c(C)c(C)c4C)n3)c2)cc1C. The highest BCUT2D eigenvalue weighted by molar-refractivity contribution is 5.90. The first-order valence-corrected chi connectivity index (χ1v) is 53.7. The van der Waals surface area contributed by atoms with Gasteiger partial charge in [0.1, 0.15) is 0 Å². The Morgan fingerprint density at radius 3 is 0.433 bits per heavy atom. The van der Waals surface area contributed by atoms with E-state index in [9.17, 15) is 0 Å². The predicted molar refractivity (Wildman–Crippen MR) is 644 cm³/mol. The van der Waals surface area contributed by atoms with Crippen molar-refractivity contribution in [3.8, 4) is 169 Å². The molecule has 0 bridgehead atoms. The summed E-state index contributed by atoms with van der Waals surface area (Å²) in [6.45, 7) is 93.2. The van der Waals surface area contributed by atoms with Gasteiger partial charge in [0.2, 0.25) is 0 Å². The third-order valence-corrected chi connectivity index (χ3v) is 36.2. The van der Waals surface area contributed by atoms with E-state index < -0.39 is 0 Å². The molecule has 15 aromatic carbocycles. The first-order valence-electron chi connectivity index (χ1n) is 53.7. The van der Waals surface area contributed by atoms with Crippen molar-refractivity contribution in [1.29, 1.82) is 0 Å². The molecule has 18 rings (SSSR count). The van der Waals surface area contributed by atoms with E-state index in [2.05, 4.69) is 467 Å². The van der Waals surface area contributed by atoms with Crippen LogP contribution in [0.5, 0.6) is 0 Å². The highest BCUT2D eigenvalue weighted by Crippen LogP contribution is 2.48. The van der Waals surface area contributed by atoms with Crippen LogP contribution in [-0.2, 0) is 0 Å². The van der Waals surface area contributed by atoms with Gasteiger partial charge in [0.15, 0.2) is 29.1 Å². The van der Waals surface area contributed by atoms with Gasteiger partial charge in [0.05, 0.1) is 22.8 Å². The summed E-state index contributed by atoms with van der Waals surface area (Å²) in [5.74, 6) is 3.68. The van der Waals surface area contributed by atoms with E-state index in [0.29, 0.717) is 5.82 Å². The van der Waals surface area contributed by atoms with Crippen molar-refractivity contribution in [2.45, 2.75) is 291 Å². The summed E-state index contributed by atoms with van der Waals surface area (Å²) < 4.78 is 0. The second kappa shape index (κ2) is 42.5. The lowest BCUT2D eigenvalue weighted by atomic mass is 9.86. The Morgan fingerprint density at radius 2 is 0.233 bits per heavy atom. The fourth-order valence-electron chi connectivity index (χ4n) is 22.4. The number of aryl methyl sites for hydroxylation is 12. The molecule has 0 aliphatic rings. The van der Waals surface area contributed by atoms with Gasteiger partial charge in [0.25, 0.3) is 0 Å². The van der Waals surface area contributed by atoms with Crippen LogP contribution in [0.15, 0.2) is 176 Å². The van der Waals surface area contributed by atoms with Gasteiger partial charge in [-0.25, -0.2) is 34.9 Å². The Bertz CT molecular complexity index is 7200. The first kappa shape index (κ1) is 108. The van der Waals surface area contributed by atoms with Gasteiger partial charge in [-0.1, -0.05) is 109 Å². The van der Waals surface area contributed by atoms with Crippen molar-refractivity contribution < 1.29 is 0 Å². The number of hydrogen-bond acceptors (Lipinski definition) is 7. The molecule has 0 saturated heterocycles. The van der Waals surface area contributed by atoms with E-state index in [1.54, 1.807) is 0 Å². The van der Waals surface area contributed by atoms with E-state index in [0.717, 1.165) is 102 Å². The maximum Gasteiger partial charge on any atom is 0.164 e. The quantitative estimate of drug-likeness (QED) is 0.101. The molecular formula is C143H155N7. The fourth-order valence-corrected chi connectivity index (χ4v) is 22.4. The average Bonchev–Trinajstić information content (AvgIpc) is 0.752. The predicted octanol–water partition coefficient (Wildman–Crippen LogP) is 38.8. The molecule has 3 aromatic heterocycles. The molecule has 0 atom stereocenters. The van der Waals surface area contributed by atoms with Crippen molar-refractivity contribution in [2.75, 3.05) is 0 Å². The molecule has 0 fully saturated rings. The molecule has 0 amide bonds. The summed E-state index contributed by atoms with van der Waals surface area (Å²) in [6.07, 6.45) is 0. The van der Waals surface area contributed by atoms with Crippen LogP contribution in [0.2, 0.25) is 0 Å². The summed E-state index contributed by atoms with van der Waals surface area (Å²) >= 11 is 0. The molecule has 0 saturated carbocycles. The lowest BCUT2D eigenvalue weighted by Crippen LogP contribution is -2.08. The Morgan fingerprint density at radius 1 is 0.0933 bits per heavy atom. The molecule has 0 radical (unpaired) electrons. The maximum atomic E-state index is 5.48. The molecule has 18 aromatic rings. The second-order valence-electron chi connectivity index (χ2n) is 44.4. The lowest BCUT2D eigenvalue weighted by Gasteiger charge is -2.22. The molecule has 0 aliphatic heterocycles. The zero-order valence-corrected chi connectivity index (χ0v) is 97.9. The number of aromatic nitrogens is 7. The first-order chi connectivity index (χ1) is 70.7. The number of nitrogens with zero attached hydrogens (tertiary/aromatic N) is 7. The smallest absolute Gasteiger partial charge is 0.164 e. The Balaban J connectivity index is 0.000000160. The van der Waals surface area contributed by atoms with Crippen LogP contribution < -0.4 is 0 Å². The van der Waals surface area contributed by atoms with Crippen LogP contribution in [0, 0.1) is 291 Å². The minimum absolute atomic E-state index is 0.685. The van der Waals surface area contributed by atoms with Crippen molar-refractivity contribution >= 4 is 0 Å². The molecule has 762 valence electrons. The molecular weight excluding hydrogens is 1820 g/mol. The van der Waals surface area contributed by atoms with Crippen LogP contribution in [0.4, 0.5) is 0 Å². The molecule has 0 unspecified atom stereocenters. The summed E-state index contributed by atoms with van der Waals surface area (Å²) in [5, 5.41) is 0. The number of benzene rings is 15. The molecule has 0 aliphatic carbocycles. The molecule has 0 N–H and O–H groups in total. The Labute approximate surface area is 897 Å². The molecule has 0 spiro atoms. The van der Waals surface area contributed by atoms with Gasteiger partial charge >= 0.3 is 0 Å². The van der Waals surface area contributed by atoms with Crippen molar-refractivity contribution in [3.63, 3.8) is 0 Å². The fraction of sp³-hybridized carbons (Fsp3) is 0.294. The normalized spacial score (nSPS) is 11.4. The van der Waals surface area contributed by atoms with Crippen LogP contribution in [0.25, 0.3) is 169 Å². The molecule has 3 heterocycles. The zero-order chi connectivity index (χ0) is 109. The van der Waals surface area contributed by atoms with Gasteiger partial charge in [-0.3, -0.25) is 0 Å². The van der Waals surface area contributed by atoms with Crippen molar-refractivity contribution in [2.24, 2.45) is 0 Å². The number of rotatable bonds is 15. The second-order valence-corrected chi connectivity index (χ2v) is 44.4. The number of hydrogen-bond donors (Lipinski definition) is 0. The highest BCUT2D eigenvalue weighted by atomic mass is 15.0. The van der Waals surface area contributed by atoms with Crippen molar-refractivity contribution in [1.82, 2.24) is 34.9 Å². The van der Waals surface area contributed by atoms with Gasteiger partial charge in [-0.2, -0.15) is 0 Å². The monoisotopic (exact) mass is 1970 g/mol. The van der Waals surface area contributed by atoms with Crippen molar-refractivity contribution in [3.05, 3.63) is 410 Å². The van der Waals surface area contributed by atoms with E-state index in [1.807, 2.05) is 0 Å². The highest BCUT2D eigenvalue weighted by Gasteiger charge is 2.30. The summed E-state index contributed by atoms with van der Waals surface area (Å²) in [5.41, 5.74) is 82.4. The summed E-state index contributed by atoms with van der Waals surface area (Å²) in [4.78, 5) is 38.0. The minimum atomic E-state index is 0.685. The average molecular weight is 1970 g/mol. The van der Waals surface area contributed by atoms with E-state index in [-0.39, 0.29) is 0 Å². The molecule has 7 heteroatoms. The van der Waals surface area contributed by atoms with Crippen LogP contribution in [0.1, 0.15) is 234 Å². The Hall–Kier alpha value is -14.5. The van der Waals surface area contributed by atoms with Gasteiger partial charge in [-0.15, -0.1) is 0 Å². The molecule has 7 nitrogen and oxygen atoms in total. The standard InChI is InChI=1S/2C48H52N2.C47H51N3/c1-25-15-17-39(19-27(25)3)41-21-42(40-18-16-26(2)28(4)20-40)23-43(22-41)48-49-44(46-35(11)31(7)29(5)32(8)36(46)12)24-45(50-48)47-37(13)33(9)30(6)34(10)38(47)14;1-25-15-17-39(19-27(25)3)41-21-42(40-18-16-26(2)28(4)20-40)23-43(22-41)44-24-45(46-35(11)31(7)29(5)32(8)36(46)12)50-48(49-44)47-37(13)33(9)30(6)34(10)38(47)14;1-24-15-17-38(19-26(24)3)40-21-41(39-18-16-25(2)27(4)20-39)23-42(22-40)45-48-46(43-34(11)30(7)28(5)31(8)35(43)12)50-47(49-45)44-36(13)32(9)29(6)33(10)37(44)14/h2*15-24H,1-14H3;15-23H,1-14H3. The van der Waals surface area contributed by atoms with Crippen LogP contribution in [-0.4, -0.2) is 34.9 Å². The maximum absolute atomic E-state index is 5.48. The third kappa shape index (κ3) is 20.3. The molecule has 150 heavy (non-hydrogen) atoms. The zero-order valence-electron chi connectivity index (χ0n) is 97.9. The van der Waals surface area contributed by atoms with Gasteiger partial charge < -0.3 is 0 Å². The van der Waals surface area contributed by atoms with Gasteiger partial charge in [0, 0.05) is 50.1 Å². The summed E-state index contributed by atoms with van der Waals surface area (Å²) in [6, 6.07) is 65.8. The minimum Gasteiger partial charge on any atom is -0.228 e. The van der Waals surface area contributed by atoms with E-state index >= 15 is 0 Å². The van der Waals surface area contributed by atoms with Crippen LogP contribution in [0.3, 0.4) is 0 Å². The summed E-state index contributed by atoms with van der Waals surface area (Å²) in [7, 11) is 0. The van der Waals surface area contributed by atoms with Crippen LogP contribution >= 0.6 is 0 Å². The van der Waals surface area contributed by atoms with Gasteiger partial charge in [-0.05, 0) is 658 Å². The Kier molecular flexibility index (Phi) is 30.6. The topological polar surface area (TPSA) is 90.2 Å².